The quantitative estimate of drug-likeness (QED) is 0.627. The summed E-state index contributed by atoms with van der Waals surface area (Å²) in [6.07, 6.45) is 1.67. The van der Waals surface area contributed by atoms with Crippen LogP contribution in [0.1, 0.15) is 24.2 Å². The molecule has 2 heterocycles. The molecule has 27 heavy (non-hydrogen) atoms. The number of hydrogen-bond acceptors (Lipinski definition) is 6. The van der Waals surface area contributed by atoms with E-state index >= 15 is 0 Å². The third-order valence-electron chi connectivity index (χ3n) is 3.35. The number of nitrogens with one attached hydrogen (secondary N) is 3. The Kier molecular flexibility index (Phi) is 5.72. The predicted molar refractivity (Wildman–Crippen MR) is 105 cm³/mol. The van der Waals surface area contributed by atoms with Crippen LogP contribution in [0.25, 0.3) is 10.7 Å². The minimum absolute atomic E-state index is 0.0398. The number of carbonyl (C=O) groups excluding carboxylic acids is 2. The molecule has 138 valence electrons. The Morgan fingerprint density at radius 2 is 1.78 bits per heavy atom. The number of hydrogen-bond donors (Lipinski definition) is 3. The zero-order valence-electron chi connectivity index (χ0n) is 14.8. The van der Waals surface area contributed by atoms with Crippen molar-refractivity contribution in [2.24, 2.45) is 0 Å². The molecule has 3 rings (SSSR count). The van der Waals surface area contributed by atoms with Crippen LogP contribution in [0.2, 0.25) is 0 Å². The molecule has 9 heteroatoms. The number of benzene rings is 1. The summed E-state index contributed by atoms with van der Waals surface area (Å²) in [5.41, 5.74) is 1.74. The van der Waals surface area contributed by atoms with E-state index in [-0.39, 0.29) is 18.0 Å². The first kappa shape index (κ1) is 18.5. The topological polar surface area (TPSA) is 109 Å². The van der Waals surface area contributed by atoms with Gasteiger partial charge in [-0.1, -0.05) is 17.4 Å². The first-order valence-corrected chi connectivity index (χ1v) is 9.07. The number of pyridine rings is 1. The SMILES string of the molecule is CC(C)NC(=O)Nc1ccc(C(=O)Nc2nnc(-c3ccccn3)s2)cc1. The van der Waals surface area contributed by atoms with E-state index in [1.54, 1.807) is 30.5 Å². The average molecular weight is 382 g/mol. The number of carbonyl (C=O) groups is 2. The molecule has 0 spiro atoms. The van der Waals surface area contributed by atoms with E-state index in [0.717, 1.165) is 0 Å². The largest absolute Gasteiger partial charge is 0.336 e. The predicted octanol–water partition coefficient (Wildman–Crippen LogP) is 3.38. The first-order valence-electron chi connectivity index (χ1n) is 8.25. The van der Waals surface area contributed by atoms with Gasteiger partial charge in [-0.3, -0.25) is 15.1 Å². The molecule has 0 saturated carbocycles. The number of aromatic nitrogens is 3. The maximum atomic E-state index is 12.4. The monoisotopic (exact) mass is 382 g/mol. The van der Waals surface area contributed by atoms with Crippen molar-refractivity contribution in [3.8, 4) is 10.7 Å². The number of anilines is 2. The summed E-state index contributed by atoms with van der Waals surface area (Å²) in [4.78, 5) is 28.2. The first-order chi connectivity index (χ1) is 13.0. The van der Waals surface area contributed by atoms with E-state index in [0.29, 0.717) is 27.1 Å². The average Bonchev–Trinajstić information content (AvgIpc) is 3.11. The second-order valence-electron chi connectivity index (χ2n) is 5.91. The van der Waals surface area contributed by atoms with Crippen molar-refractivity contribution in [1.82, 2.24) is 20.5 Å². The Morgan fingerprint density at radius 3 is 2.44 bits per heavy atom. The Morgan fingerprint density at radius 1 is 1.00 bits per heavy atom. The van der Waals surface area contributed by atoms with E-state index in [1.165, 1.54) is 11.3 Å². The highest BCUT2D eigenvalue weighted by molar-refractivity contribution is 7.18. The van der Waals surface area contributed by atoms with E-state index in [4.69, 9.17) is 0 Å². The summed E-state index contributed by atoms with van der Waals surface area (Å²) in [6, 6.07) is 11.8. The van der Waals surface area contributed by atoms with Gasteiger partial charge in [-0.15, -0.1) is 10.2 Å². The fourth-order valence-electron chi connectivity index (χ4n) is 2.17. The molecule has 0 atom stereocenters. The second kappa shape index (κ2) is 8.37. The van der Waals surface area contributed by atoms with Gasteiger partial charge in [0.1, 0.15) is 5.69 Å². The van der Waals surface area contributed by atoms with Crippen molar-refractivity contribution in [3.05, 3.63) is 54.2 Å². The van der Waals surface area contributed by atoms with Gasteiger partial charge in [0.2, 0.25) is 5.13 Å². The number of nitrogens with zero attached hydrogens (tertiary/aromatic N) is 3. The zero-order valence-corrected chi connectivity index (χ0v) is 15.6. The van der Waals surface area contributed by atoms with Crippen LogP contribution in [-0.4, -0.2) is 33.2 Å². The van der Waals surface area contributed by atoms with Gasteiger partial charge in [0.15, 0.2) is 5.01 Å². The molecule has 0 unspecified atom stereocenters. The van der Waals surface area contributed by atoms with E-state index in [1.807, 2.05) is 32.0 Å². The third-order valence-corrected chi connectivity index (χ3v) is 4.22. The molecular formula is C18H18N6O2S. The van der Waals surface area contributed by atoms with Crippen molar-refractivity contribution in [2.45, 2.75) is 19.9 Å². The van der Waals surface area contributed by atoms with Gasteiger partial charge in [-0.25, -0.2) is 4.79 Å². The van der Waals surface area contributed by atoms with Crippen molar-refractivity contribution < 1.29 is 9.59 Å². The number of amides is 3. The third kappa shape index (κ3) is 5.08. The summed E-state index contributed by atoms with van der Waals surface area (Å²) in [5, 5.41) is 17.2. The van der Waals surface area contributed by atoms with Crippen LogP contribution in [0.4, 0.5) is 15.6 Å². The summed E-state index contributed by atoms with van der Waals surface area (Å²) in [6.45, 7) is 3.75. The number of rotatable bonds is 5. The van der Waals surface area contributed by atoms with Gasteiger partial charge in [-0.2, -0.15) is 0 Å². The van der Waals surface area contributed by atoms with E-state index in [9.17, 15) is 9.59 Å². The summed E-state index contributed by atoms with van der Waals surface area (Å²) in [5.74, 6) is -0.308. The molecule has 0 aliphatic rings. The van der Waals surface area contributed by atoms with E-state index < -0.39 is 0 Å². The lowest BCUT2D eigenvalue weighted by Crippen LogP contribution is -2.34. The van der Waals surface area contributed by atoms with E-state index in [2.05, 4.69) is 31.1 Å². The van der Waals surface area contributed by atoms with Gasteiger partial charge in [0.25, 0.3) is 5.91 Å². The van der Waals surface area contributed by atoms with Crippen LogP contribution < -0.4 is 16.0 Å². The fraction of sp³-hybridized carbons (Fsp3) is 0.167. The van der Waals surface area contributed by atoms with Crippen molar-refractivity contribution in [2.75, 3.05) is 10.6 Å². The fourth-order valence-corrected chi connectivity index (χ4v) is 2.89. The van der Waals surface area contributed by atoms with Crippen LogP contribution in [0.15, 0.2) is 48.7 Å². The van der Waals surface area contributed by atoms with Gasteiger partial charge in [0, 0.05) is 23.5 Å². The van der Waals surface area contributed by atoms with Crippen LogP contribution in [-0.2, 0) is 0 Å². The molecule has 0 fully saturated rings. The summed E-state index contributed by atoms with van der Waals surface area (Å²) < 4.78 is 0. The molecule has 3 aromatic rings. The standard InChI is InChI=1S/C18H18N6O2S/c1-11(2)20-17(26)21-13-8-6-12(7-9-13)15(25)22-18-24-23-16(27-18)14-5-3-4-10-19-14/h3-11H,1-2H3,(H2,20,21,26)(H,22,24,25). The second-order valence-corrected chi connectivity index (χ2v) is 6.89. The smallest absolute Gasteiger partial charge is 0.319 e. The molecule has 0 radical (unpaired) electrons. The Bertz CT molecular complexity index is 925. The Hall–Kier alpha value is -3.33. The highest BCUT2D eigenvalue weighted by atomic mass is 32.1. The van der Waals surface area contributed by atoms with Crippen LogP contribution in [0.5, 0.6) is 0 Å². The van der Waals surface area contributed by atoms with Crippen molar-refractivity contribution in [3.63, 3.8) is 0 Å². The van der Waals surface area contributed by atoms with Gasteiger partial charge in [-0.05, 0) is 50.2 Å². The molecule has 0 aliphatic carbocycles. The van der Waals surface area contributed by atoms with Gasteiger partial charge >= 0.3 is 6.03 Å². The molecule has 3 amide bonds. The van der Waals surface area contributed by atoms with Crippen LogP contribution >= 0.6 is 11.3 Å². The van der Waals surface area contributed by atoms with Gasteiger partial charge in [0.05, 0.1) is 0 Å². The highest BCUT2D eigenvalue weighted by Crippen LogP contribution is 2.24. The molecule has 0 bridgehead atoms. The summed E-state index contributed by atoms with van der Waals surface area (Å²) >= 11 is 1.24. The molecule has 2 aromatic heterocycles. The lowest BCUT2D eigenvalue weighted by Gasteiger charge is -2.10. The highest BCUT2D eigenvalue weighted by Gasteiger charge is 2.12. The minimum atomic E-state index is -0.308. The Labute approximate surface area is 160 Å². The number of urea groups is 1. The molecule has 0 aliphatic heterocycles. The molecule has 3 N–H and O–H groups in total. The van der Waals surface area contributed by atoms with Crippen molar-refractivity contribution in [1.29, 1.82) is 0 Å². The zero-order chi connectivity index (χ0) is 19.2. The van der Waals surface area contributed by atoms with Crippen LogP contribution in [0, 0.1) is 0 Å². The Balaban J connectivity index is 1.61. The molecule has 0 saturated heterocycles. The minimum Gasteiger partial charge on any atom is -0.336 e. The molecule has 1 aromatic carbocycles. The maximum absolute atomic E-state index is 12.4. The van der Waals surface area contributed by atoms with Crippen LogP contribution in [0.3, 0.4) is 0 Å². The molecular weight excluding hydrogens is 364 g/mol. The van der Waals surface area contributed by atoms with Gasteiger partial charge < -0.3 is 10.6 Å². The lowest BCUT2D eigenvalue weighted by molar-refractivity contribution is 0.102. The summed E-state index contributed by atoms with van der Waals surface area (Å²) in [7, 11) is 0. The molecule has 8 nitrogen and oxygen atoms in total. The normalized spacial score (nSPS) is 10.5. The maximum Gasteiger partial charge on any atom is 0.319 e. The van der Waals surface area contributed by atoms with Crippen molar-refractivity contribution >= 4 is 34.1 Å². The lowest BCUT2D eigenvalue weighted by atomic mass is 10.2.